The molecule has 1 aliphatic rings. The summed E-state index contributed by atoms with van der Waals surface area (Å²) in [4.78, 5) is 6.63. The highest BCUT2D eigenvalue weighted by molar-refractivity contribution is 5.78. The molecule has 1 aromatic carbocycles. The molecule has 2 N–H and O–H groups in total. The van der Waals surface area contributed by atoms with Crippen LogP contribution in [0.2, 0.25) is 0 Å². The minimum absolute atomic E-state index is 0.694. The Bertz CT molecular complexity index is 437. The van der Waals surface area contributed by atoms with Crippen molar-refractivity contribution in [1.82, 2.24) is 4.90 Å². The predicted octanol–water partition coefficient (Wildman–Crippen LogP) is 2.82. The number of aryl methyl sites for hydroxylation is 1. The van der Waals surface area contributed by atoms with Crippen molar-refractivity contribution < 1.29 is 0 Å². The van der Waals surface area contributed by atoms with Crippen molar-refractivity contribution in [1.29, 1.82) is 0 Å². The van der Waals surface area contributed by atoms with E-state index in [-0.39, 0.29) is 0 Å². The minimum Gasteiger partial charge on any atom is -0.370 e. The summed E-state index contributed by atoms with van der Waals surface area (Å²) in [5.74, 6) is 0.694. The van der Waals surface area contributed by atoms with Crippen molar-refractivity contribution in [3.05, 3.63) is 34.9 Å². The summed E-state index contributed by atoms with van der Waals surface area (Å²) in [5.41, 5.74) is 10.1. The number of rotatable bonds is 4. The van der Waals surface area contributed by atoms with Gasteiger partial charge in [-0.3, -0.25) is 4.99 Å². The second-order valence-electron chi connectivity index (χ2n) is 5.08. The van der Waals surface area contributed by atoms with E-state index in [9.17, 15) is 0 Å². The Balaban J connectivity index is 1.93. The molecule has 2 rings (SSSR count). The first-order valence-corrected chi connectivity index (χ1v) is 6.84. The molecule has 0 saturated carbocycles. The maximum atomic E-state index is 6.05. The molecular formula is C15H23N3. The molecule has 0 aromatic heterocycles. The molecule has 0 amide bonds. The van der Waals surface area contributed by atoms with Gasteiger partial charge in [0.1, 0.15) is 0 Å². The molecule has 1 aromatic rings. The van der Waals surface area contributed by atoms with Gasteiger partial charge in [0.05, 0.1) is 0 Å². The summed E-state index contributed by atoms with van der Waals surface area (Å²) in [6, 6.07) is 6.62. The first kappa shape index (κ1) is 12.9. The molecule has 1 heterocycles. The number of unbranched alkanes of at least 4 members (excludes halogenated alkanes) is 2. The molecule has 0 saturated heterocycles. The van der Waals surface area contributed by atoms with Crippen LogP contribution in [0, 0.1) is 6.92 Å². The van der Waals surface area contributed by atoms with Crippen LogP contribution in [0.15, 0.2) is 23.2 Å². The first-order valence-electron chi connectivity index (χ1n) is 6.84. The van der Waals surface area contributed by atoms with E-state index in [0.29, 0.717) is 5.96 Å². The Kier molecular flexibility index (Phi) is 4.24. The Morgan fingerprint density at radius 3 is 2.83 bits per heavy atom. The van der Waals surface area contributed by atoms with Crippen molar-refractivity contribution in [3.8, 4) is 0 Å². The molecular weight excluding hydrogens is 222 g/mol. The number of nitrogens with two attached hydrogens (primary N) is 1. The van der Waals surface area contributed by atoms with Gasteiger partial charge in [-0.1, -0.05) is 43.5 Å². The van der Waals surface area contributed by atoms with Crippen molar-refractivity contribution in [2.24, 2.45) is 10.7 Å². The molecule has 0 aliphatic carbocycles. The van der Waals surface area contributed by atoms with E-state index in [1.54, 1.807) is 0 Å². The third-order valence-corrected chi connectivity index (χ3v) is 3.44. The van der Waals surface area contributed by atoms with Crippen molar-refractivity contribution in [2.75, 3.05) is 6.54 Å². The Morgan fingerprint density at radius 1 is 1.28 bits per heavy atom. The van der Waals surface area contributed by atoms with Crippen molar-refractivity contribution in [2.45, 2.75) is 46.2 Å². The lowest BCUT2D eigenvalue weighted by Gasteiger charge is -2.16. The number of guanidine groups is 1. The molecule has 98 valence electrons. The average Bonchev–Trinajstić information content (AvgIpc) is 2.77. The van der Waals surface area contributed by atoms with E-state index in [4.69, 9.17) is 5.73 Å². The summed E-state index contributed by atoms with van der Waals surface area (Å²) in [6.45, 7) is 6.99. The molecule has 0 radical (unpaired) electrons. The van der Waals surface area contributed by atoms with Crippen LogP contribution in [0.4, 0.5) is 0 Å². The van der Waals surface area contributed by atoms with E-state index >= 15 is 0 Å². The van der Waals surface area contributed by atoms with E-state index < -0.39 is 0 Å². The predicted molar refractivity (Wildman–Crippen MR) is 76.4 cm³/mol. The highest BCUT2D eigenvalue weighted by Crippen LogP contribution is 2.23. The smallest absolute Gasteiger partial charge is 0.191 e. The molecule has 0 bridgehead atoms. The second-order valence-corrected chi connectivity index (χ2v) is 5.08. The number of aliphatic imine (C=N–C) groups is 1. The van der Waals surface area contributed by atoms with Crippen LogP contribution >= 0.6 is 0 Å². The zero-order valence-electron chi connectivity index (χ0n) is 11.4. The van der Waals surface area contributed by atoms with Crippen LogP contribution in [0.25, 0.3) is 0 Å². The van der Waals surface area contributed by atoms with Gasteiger partial charge in [-0.05, 0) is 24.5 Å². The third kappa shape index (κ3) is 3.03. The molecule has 18 heavy (non-hydrogen) atoms. The van der Waals surface area contributed by atoms with Crippen LogP contribution in [0.5, 0.6) is 0 Å². The van der Waals surface area contributed by atoms with Crippen LogP contribution in [-0.4, -0.2) is 17.4 Å². The lowest BCUT2D eigenvalue weighted by molar-refractivity contribution is 0.439. The van der Waals surface area contributed by atoms with E-state index in [2.05, 4.69) is 41.9 Å². The highest BCUT2D eigenvalue weighted by atomic mass is 15.3. The molecule has 3 nitrogen and oxygen atoms in total. The topological polar surface area (TPSA) is 41.6 Å². The van der Waals surface area contributed by atoms with Gasteiger partial charge in [-0.25, -0.2) is 0 Å². The minimum atomic E-state index is 0.694. The van der Waals surface area contributed by atoms with Gasteiger partial charge in [-0.2, -0.15) is 0 Å². The van der Waals surface area contributed by atoms with Crippen LogP contribution in [-0.2, 0) is 13.1 Å². The maximum absolute atomic E-state index is 6.05. The average molecular weight is 245 g/mol. The van der Waals surface area contributed by atoms with E-state index in [1.807, 2.05) is 0 Å². The van der Waals surface area contributed by atoms with Crippen LogP contribution in [0.3, 0.4) is 0 Å². The number of fused-ring (bicyclic) bond motifs is 1. The van der Waals surface area contributed by atoms with Crippen LogP contribution < -0.4 is 5.73 Å². The molecule has 1 aliphatic heterocycles. The Hall–Kier alpha value is -1.51. The maximum Gasteiger partial charge on any atom is 0.191 e. The number of benzene rings is 1. The van der Waals surface area contributed by atoms with Gasteiger partial charge in [0, 0.05) is 19.6 Å². The Morgan fingerprint density at radius 2 is 2.06 bits per heavy atom. The molecule has 0 atom stereocenters. The summed E-state index contributed by atoms with van der Waals surface area (Å²) in [7, 11) is 0. The fourth-order valence-corrected chi connectivity index (χ4v) is 2.34. The van der Waals surface area contributed by atoms with Gasteiger partial charge in [0.25, 0.3) is 0 Å². The lowest BCUT2D eigenvalue weighted by Crippen LogP contribution is -2.33. The molecule has 0 unspecified atom stereocenters. The normalized spacial score (nSPS) is 15.0. The SMILES string of the molecule is CCCCCN=C(N)N1Cc2ccc(C)cc2C1. The number of hydrogen-bond acceptors (Lipinski definition) is 1. The summed E-state index contributed by atoms with van der Waals surface area (Å²) < 4.78 is 0. The molecule has 0 spiro atoms. The van der Waals surface area contributed by atoms with E-state index in [1.165, 1.54) is 29.5 Å². The Labute approximate surface area is 110 Å². The molecule has 3 heteroatoms. The summed E-state index contributed by atoms with van der Waals surface area (Å²) in [6.07, 6.45) is 3.59. The quantitative estimate of drug-likeness (QED) is 0.503. The fourth-order valence-electron chi connectivity index (χ4n) is 2.34. The summed E-state index contributed by atoms with van der Waals surface area (Å²) in [5, 5.41) is 0. The zero-order chi connectivity index (χ0) is 13.0. The van der Waals surface area contributed by atoms with Gasteiger partial charge in [0.2, 0.25) is 0 Å². The highest BCUT2D eigenvalue weighted by Gasteiger charge is 2.19. The van der Waals surface area contributed by atoms with Crippen molar-refractivity contribution >= 4 is 5.96 Å². The summed E-state index contributed by atoms with van der Waals surface area (Å²) >= 11 is 0. The molecule has 0 fully saturated rings. The second kappa shape index (κ2) is 5.89. The zero-order valence-corrected chi connectivity index (χ0v) is 11.4. The number of nitrogens with zero attached hydrogens (tertiary/aromatic N) is 2. The van der Waals surface area contributed by atoms with E-state index in [0.717, 1.165) is 26.1 Å². The van der Waals surface area contributed by atoms with Gasteiger partial charge >= 0.3 is 0 Å². The largest absolute Gasteiger partial charge is 0.370 e. The number of hydrogen-bond donors (Lipinski definition) is 1. The third-order valence-electron chi connectivity index (χ3n) is 3.44. The fraction of sp³-hybridized carbons (Fsp3) is 0.533. The standard InChI is InChI=1S/C15H23N3/c1-3-4-5-8-17-15(16)18-10-13-7-6-12(2)9-14(13)11-18/h6-7,9H,3-5,8,10-11H2,1-2H3,(H2,16,17). The monoisotopic (exact) mass is 245 g/mol. The lowest BCUT2D eigenvalue weighted by atomic mass is 10.1. The first-order chi connectivity index (χ1) is 8.70. The van der Waals surface area contributed by atoms with Gasteiger partial charge in [-0.15, -0.1) is 0 Å². The van der Waals surface area contributed by atoms with Crippen LogP contribution in [0.1, 0.15) is 42.9 Å². The van der Waals surface area contributed by atoms with Crippen molar-refractivity contribution in [3.63, 3.8) is 0 Å². The van der Waals surface area contributed by atoms with Gasteiger partial charge in [0.15, 0.2) is 5.96 Å². The van der Waals surface area contributed by atoms with Gasteiger partial charge < -0.3 is 10.6 Å².